The number of rotatable bonds is 4. The number of ether oxygens (including phenoxy) is 1. The van der Waals surface area contributed by atoms with Crippen molar-refractivity contribution in [1.29, 1.82) is 0 Å². The number of thiophene rings is 1. The quantitative estimate of drug-likeness (QED) is 0.634. The molecule has 0 unspecified atom stereocenters. The summed E-state index contributed by atoms with van der Waals surface area (Å²) < 4.78 is 86.2. The molecule has 3 nitrogen and oxygen atoms in total. The summed E-state index contributed by atoms with van der Waals surface area (Å²) in [5.41, 5.74) is -2.99. The number of alkyl halides is 6. The third-order valence-electron chi connectivity index (χ3n) is 4.60. The van der Waals surface area contributed by atoms with Gasteiger partial charge < -0.3 is 10.1 Å². The summed E-state index contributed by atoms with van der Waals surface area (Å²) in [6.45, 7) is 2.08. The second-order valence-corrected chi connectivity index (χ2v) is 7.32. The van der Waals surface area contributed by atoms with Crippen LogP contribution < -0.4 is 10.1 Å². The summed E-state index contributed by atoms with van der Waals surface area (Å²) in [5, 5.41) is 4.86. The molecule has 0 bridgehead atoms. The van der Waals surface area contributed by atoms with Crippen LogP contribution in [0.5, 0.6) is 5.75 Å². The molecule has 1 N–H and O–H groups in total. The van der Waals surface area contributed by atoms with Gasteiger partial charge in [0.05, 0.1) is 24.3 Å². The van der Waals surface area contributed by atoms with Crippen molar-refractivity contribution in [2.24, 2.45) is 0 Å². The first kappa shape index (κ1) is 23.8. The minimum absolute atomic E-state index is 0. The van der Waals surface area contributed by atoms with E-state index in [-0.39, 0.29) is 24.0 Å². The van der Waals surface area contributed by atoms with Gasteiger partial charge in [-0.15, -0.1) is 23.7 Å². The van der Waals surface area contributed by atoms with Crippen LogP contribution in [0.4, 0.5) is 26.3 Å². The van der Waals surface area contributed by atoms with E-state index in [9.17, 15) is 26.3 Å². The molecule has 0 aliphatic carbocycles. The lowest BCUT2D eigenvalue weighted by Crippen LogP contribution is -2.45. The van der Waals surface area contributed by atoms with Gasteiger partial charge in [-0.2, -0.15) is 26.3 Å². The molecule has 1 aliphatic rings. The third kappa shape index (κ3) is 5.17. The van der Waals surface area contributed by atoms with E-state index in [1.165, 1.54) is 11.3 Å². The average Bonchev–Trinajstić information content (AvgIpc) is 3.15. The van der Waals surface area contributed by atoms with Gasteiger partial charge in [-0.05, 0) is 23.6 Å². The zero-order valence-corrected chi connectivity index (χ0v) is 16.9. The largest absolute Gasteiger partial charge is 0.496 e. The van der Waals surface area contributed by atoms with Crippen molar-refractivity contribution in [3.05, 3.63) is 51.2 Å². The highest BCUT2D eigenvalue weighted by Gasteiger charge is 2.43. The molecule has 1 aromatic heterocycles. The number of nitrogens with one attached hydrogen (secondary N) is 1. The minimum Gasteiger partial charge on any atom is -0.496 e. The normalized spacial score (nSPS) is 16.9. The zero-order chi connectivity index (χ0) is 20.5. The van der Waals surface area contributed by atoms with E-state index in [1.54, 1.807) is 17.5 Å². The minimum atomic E-state index is -4.96. The Hall–Kier alpha value is -1.49. The van der Waals surface area contributed by atoms with Crippen LogP contribution >= 0.6 is 23.7 Å². The highest BCUT2D eigenvalue weighted by atomic mass is 35.5. The Morgan fingerprint density at radius 3 is 2.21 bits per heavy atom. The Kier molecular flexibility index (Phi) is 7.47. The van der Waals surface area contributed by atoms with Gasteiger partial charge >= 0.3 is 12.4 Å². The number of benzene rings is 1. The van der Waals surface area contributed by atoms with Crippen molar-refractivity contribution in [2.75, 3.05) is 33.3 Å². The number of piperazine rings is 1. The van der Waals surface area contributed by atoms with Gasteiger partial charge in [-0.25, -0.2) is 0 Å². The highest BCUT2D eigenvalue weighted by molar-refractivity contribution is 7.10. The van der Waals surface area contributed by atoms with Gasteiger partial charge in [-0.3, -0.25) is 4.90 Å². The molecule has 0 saturated carbocycles. The van der Waals surface area contributed by atoms with Crippen molar-refractivity contribution in [3.63, 3.8) is 0 Å². The van der Waals surface area contributed by atoms with Crippen molar-refractivity contribution in [1.82, 2.24) is 10.2 Å². The summed E-state index contributed by atoms with van der Waals surface area (Å²) in [5.74, 6) is -0.418. The summed E-state index contributed by atoms with van der Waals surface area (Å²) in [4.78, 5) is 2.45. The first-order chi connectivity index (χ1) is 13.1. The molecular formula is C18H19ClF6N2OS. The van der Waals surface area contributed by atoms with Crippen LogP contribution in [0.2, 0.25) is 0 Å². The molecule has 2 aromatic rings. The first-order valence-electron chi connectivity index (χ1n) is 8.47. The molecule has 1 atom stereocenters. The van der Waals surface area contributed by atoms with Crippen LogP contribution in [0.3, 0.4) is 0 Å². The first-order valence-corrected chi connectivity index (χ1v) is 9.35. The number of hydrogen-bond acceptors (Lipinski definition) is 4. The van der Waals surface area contributed by atoms with Gasteiger partial charge in [0.25, 0.3) is 0 Å². The summed E-state index contributed by atoms with van der Waals surface area (Å²) in [6.07, 6.45) is -9.88. The number of halogens is 7. The molecule has 29 heavy (non-hydrogen) atoms. The average molecular weight is 461 g/mol. The van der Waals surface area contributed by atoms with Crippen molar-refractivity contribution in [2.45, 2.75) is 18.4 Å². The fourth-order valence-electron chi connectivity index (χ4n) is 3.37. The van der Waals surface area contributed by atoms with Crippen LogP contribution in [0, 0.1) is 0 Å². The Labute approximate surface area is 174 Å². The lowest BCUT2D eigenvalue weighted by atomic mass is 9.93. The summed E-state index contributed by atoms with van der Waals surface area (Å²) in [6, 6.07) is 3.37. The SMILES string of the molecule is COc1cc(C(F)(F)F)cc(C(F)(F)F)c1[C@@H](c1cccs1)N1CCNCC1.Cl. The van der Waals surface area contributed by atoms with E-state index >= 15 is 0 Å². The lowest BCUT2D eigenvalue weighted by Gasteiger charge is -2.36. The van der Waals surface area contributed by atoms with Gasteiger partial charge in [0.15, 0.2) is 0 Å². The maximum atomic E-state index is 13.9. The number of methoxy groups -OCH3 is 1. The Balaban J connectivity index is 0.00000300. The van der Waals surface area contributed by atoms with E-state index in [1.807, 2.05) is 4.90 Å². The molecule has 162 valence electrons. The van der Waals surface area contributed by atoms with E-state index in [2.05, 4.69) is 5.32 Å². The Morgan fingerprint density at radius 1 is 1.07 bits per heavy atom. The van der Waals surface area contributed by atoms with Crippen molar-refractivity contribution >= 4 is 23.7 Å². The predicted molar refractivity (Wildman–Crippen MR) is 101 cm³/mol. The molecule has 3 rings (SSSR count). The number of nitrogens with zero attached hydrogens (tertiary/aromatic N) is 1. The second-order valence-electron chi connectivity index (χ2n) is 6.34. The van der Waals surface area contributed by atoms with E-state index in [4.69, 9.17) is 4.74 Å². The maximum absolute atomic E-state index is 13.9. The Morgan fingerprint density at radius 2 is 1.72 bits per heavy atom. The lowest BCUT2D eigenvalue weighted by molar-refractivity contribution is -0.144. The molecule has 11 heteroatoms. The van der Waals surface area contributed by atoms with Crippen LogP contribution in [-0.4, -0.2) is 38.2 Å². The molecule has 1 fully saturated rings. The smallest absolute Gasteiger partial charge is 0.416 e. The second kappa shape index (κ2) is 9.11. The van der Waals surface area contributed by atoms with Gasteiger partial charge in [0, 0.05) is 36.6 Å². The molecule has 0 spiro atoms. The summed E-state index contributed by atoms with van der Waals surface area (Å²) in [7, 11) is 1.09. The van der Waals surface area contributed by atoms with Gasteiger partial charge in [-0.1, -0.05) is 6.07 Å². The molecule has 0 amide bonds. The van der Waals surface area contributed by atoms with E-state index in [0.717, 1.165) is 7.11 Å². The van der Waals surface area contributed by atoms with Gasteiger partial charge in [0.1, 0.15) is 5.75 Å². The summed E-state index contributed by atoms with van der Waals surface area (Å²) >= 11 is 1.26. The van der Waals surface area contributed by atoms with Crippen molar-refractivity contribution in [3.8, 4) is 5.75 Å². The van der Waals surface area contributed by atoms with Crippen LogP contribution in [0.25, 0.3) is 0 Å². The standard InChI is InChI=1S/C18H18F6N2OS.ClH/c1-27-13-10-11(17(19,20)21)9-12(18(22,23)24)15(13)16(14-3-2-8-28-14)26-6-4-25-5-7-26;/h2-3,8-10,16,25H,4-7H2,1H3;1H/t16-;/m1./s1. The molecule has 2 heterocycles. The zero-order valence-electron chi connectivity index (χ0n) is 15.2. The maximum Gasteiger partial charge on any atom is 0.416 e. The van der Waals surface area contributed by atoms with E-state index in [0.29, 0.717) is 37.1 Å². The fraction of sp³-hybridized carbons (Fsp3) is 0.444. The van der Waals surface area contributed by atoms with Crippen LogP contribution in [0.1, 0.15) is 27.6 Å². The molecule has 1 aromatic carbocycles. The van der Waals surface area contributed by atoms with E-state index < -0.39 is 35.3 Å². The predicted octanol–water partition coefficient (Wildman–Crippen LogP) is 5.21. The molecular weight excluding hydrogens is 442 g/mol. The fourth-order valence-corrected chi connectivity index (χ4v) is 4.23. The van der Waals surface area contributed by atoms with Crippen LogP contribution in [-0.2, 0) is 12.4 Å². The highest BCUT2D eigenvalue weighted by Crippen LogP contribution is 2.47. The third-order valence-corrected chi connectivity index (χ3v) is 5.52. The Bertz CT molecular complexity index is 804. The molecule has 0 radical (unpaired) electrons. The molecule has 1 aliphatic heterocycles. The number of hydrogen-bond donors (Lipinski definition) is 1. The van der Waals surface area contributed by atoms with Crippen molar-refractivity contribution < 1.29 is 31.1 Å². The van der Waals surface area contributed by atoms with Gasteiger partial charge in [0.2, 0.25) is 0 Å². The monoisotopic (exact) mass is 460 g/mol. The molecule has 1 saturated heterocycles. The topological polar surface area (TPSA) is 24.5 Å². The van der Waals surface area contributed by atoms with Crippen LogP contribution in [0.15, 0.2) is 29.6 Å².